The molecule has 1 fully saturated rings. The topological polar surface area (TPSA) is 18.5 Å². The molecule has 0 saturated carbocycles. The van der Waals surface area contributed by atoms with Crippen molar-refractivity contribution in [1.29, 1.82) is 0 Å². The van der Waals surface area contributed by atoms with Gasteiger partial charge in [0.2, 0.25) is 0 Å². The molecular weight excluding hydrogens is 333 g/mol. The molecule has 1 heterocycles. The fraction of sp³-hybridized carbons (Fsp3) is 0.350. The lowest BCUT2D eigenvalue weighted by atomic mass is 10.1. The fourth-order valence-electron chi connectivity index (χ4n) is 3.11. The first-order valence-corrected chi connectivity index (χ1v) is 9.03. The van der Waals surface area contributed by atoms with E-state index in [1.54, 1.807) is 6.07 Å². The largest absolute Gasteiger partial charge is 0.336 e. The number of nitrogens with zero attached hydrogens (tertiary/aromatic N) is 2. The van der Waals surface area contributed by atoms with Crippen molar-refractivity contribution in [1.82, 2.24) is 9.80 Å². The van der Waals surface area contributed by atoms with Crippen molar-refractivity contribution in [2.75, 3.05) is 25.1 Å². The van der Waals surface area contributed by atoms with Gasteiger partial charge in [0.15, 0.2) is 5.11 Å². The molecule has 0 radical (unpaired) electrons. The Morgan fingerprint density at radius 1 is 1.12 bits per heavy atom. The predicted octanol–water partition coefficient (Wildman–Crippen LogP) is 4.30. The number of hydrogen-bond donors (Lipinski definition) is 1. The van der Waals surface area contributed by atoms with E-state index in [1.165, 1.54) is 17.2 Å². The summed E-state index contributed by atoms with van der Waals surface area (Å²) in [6.45, 7) is 7.39. The Morgan fingerprint density at radius 2 is 1.92 bits per heavy atom. The van der Waals surface area contributed by atoms with Gasteiger partial charge in [0, 0.05) is 30.9 Å². The molecule has 0 atom stereocenters. The Labute approximate surface area is 154 Å². The number of hydrogen-bond acceptors (Lipinski definition) is 2. The van der Waals surface area contributed by atoms with Crippen LogP contribution in [0.3, 0.4) is 0 Å². The molecule has 3 rings (SSSR count). The number of thiocarbonyl (C=S) groups is 1. The molecule has 132 valence electrons. The third-order valence-corrected chi connectivity index (χ3v) is 5.12. The second-order valence-electron chi connectivity index (χ2n) is 6.58. The Balaban J connectivity index is 1.63. The second kappa shape index (κ2) is 7.93. The second-order valence-corrected chi connectivity index (χ2v) is 6.97. The first kappa shape index (κ1) is 17.8. The van der Waals surface area contributed by atoms with Gasteiger partial charge in [-0.2, -0.15) is 0 Å². The van der Waals surface area contributed by atoms with Gasteiger partial charge < -0.3 is 10.2 Å². The summed E-state index contributed by atoms with van der Waals surface area (Å²) < 4.78 is 13.9. The fourth-order valence-corrected chi connectivity index (χ4v) is 3.37. The molecule has 0 amide bonds. The van der Waals surface area contributed by atoms with E-state index >= 15 is 0 Å². The highest BCUT2D eigenvalue weighted by Crippen LogP contribution is 2.20. The van der Waals surface area contributed by atoms with Crippen LogP contribution in [0.25, 0.3) is 0 Å². The van der Waals surface area contributed by atoms with Crippen molar-refractivity contribution in [3.63, 3.8) is 0 Å². The lowest BCUT2D eigenvalue weighted by Crippen LogP contribution is -2.48. The molecule has 2 aromatic rings. The van der Waals surface area contributed by atoms with Gasteiger partial charge in [-0.05, 0) is 55.7 Å². The monoisotopic (exact) mass is 357 g/mol. The Kier molecular flexibility index (Phi) is 5.66. The van der Waals surface area contributed by atoms with E-state index in [4.69, 9.17) is 12.2 Å². The molecule has 0 aliphatic carbocycles. The minimum Gasteiger partial charge on any atom is -0.336 e. The van der Waals surface area contributed by atoms with Crippen LogP contribution in [0.4, 0.5) is 10.1 Å². The number of halogens is 1. The van der Waals surface area contributed by atoms with Crippen LogP contribution in [0.15, 0.2) is 42.5 Å². The molecular formula is C20H24FN3S. The average molecular weight is 357 g/mol. The van der Waals surface area contributed by atoms with Gasteiger partial charge in [0.25, 0.3) is 0 Å². The molecule has 25 heavy (non-hydrogen) atoms. The summed E-state index contributed by atoms with van der Waals surface area (Å²) in [6, 6.07) is 13.2. The molecule has 0 aromatic heterocycles. The zero-order chi connectivity index (χ0) is 17.8. The third kappa shape index (κ3) is 4.35. The zero-order valence-electron chi connectivity index (χ0n) is 14.8. The minimum absolute atomic E-state index is 0.143. The van der Waals surface area contributed by atoms with Crippen LogP contribution < -0.4 is 5.32 Å². The minimum atomic E-state index is -0.143. The van der Waals surface area contributed by atoms with Crippen LogP contribution in [0, 0.1) is 19.7 Å². The molecule has 1 N–H and O–H groups in total. The summed E-state index contributed by atoms with van der Waals surface area (Å²) >= 11 is 5.62. The van der Waals surface area contributed by atoms with E-state index < -0.39 is 0 Å². The van der Waals surface area contributed by atoms with E-state index in [-0.39, 0.29) is 5.82 Å². The molecule has 0 spiro atoms. The number of benzene rings is 2. The van der Waals surface area contributed by atoms with E-state index in [2.05, 4.69) is 41.1 Å². The molecule has 3 nitrogen and oxygen atoms in total. The maximum atomic E-state index is 13.9. The van der Waals surface area contributed by atoms with Crippen LogP contribution in [-0.2, 0) is 6.54 Å². The molecule has 1 aliphatic heterocycles. The summed E-state index contributed by atoms with van der Waals surface area (Å²) in [6.07, 6.45) is 1.02. The van der Waals surface area contributed by atoms with Crippen molar-refractivity contribution in [3.8, 4) is 0 Å². The van der Waals surface area contributed by atoms with Gasteiger partial charge in [0.05, 0.1) is 6.67 Å². The molecule has 5 heteroatoms. The third-order valence-electron chi connectivity index (χ3n) is 4.76. The first-order chi connectivity index (χ1) is 12.0. The van der Waals surface area contributed by atoms with Gasteiger partial charge in [-0.25, -0.2) is 4.39 Å². The van der Waals surface area contributed by atoms with Crippen molar-refractivity contribution in [3.05, 3.63) is 65.0 Å². The highest BCUT2D eigenvalue weighted by molar-refractivity contribution is 7.80. The van der Waals surface area contributed by atoms with Gasteiger partial charge in [-0.1, -0.05) is 30.3 Å². The summed E-state index contributed by atoms with van der Waals surface area (Å²) in [5.74, 6) is -0.143. The van der Waals surface area contributed by atoms with Crippen LogP contribution in [0.5, 0.6) is 0 Å². The van der Waals surface area contributed by atoms with Crippen molar-refractivity contribution in [2.24, 2.45) is 0 Å². The van der Waals surface area contributed by atoms with Gasteiger partial charge in [-0.3, -0.25) is 4.90 Å². The predicted molar refractivity (Wildman–Crippen MR) is 105 cm³/mol. The maximum Gasteiger partial charge on any atom is 0.174 e. The highest BCUT2D eigenvalue weighted by Gasteiger charge is 2.20. The maximum absolute atomic E-state index is 13.9. The highest BCUT2D eigenvalue weighted by atomic mass is 32.1. The number of rotatable bonds is 3. The Bertz CT molecular complexity index is 762. The molecule has 1 saturated heterocycles. The summed E-state index contributed by atoms with van der Waals surface area (Å²) in [5, 5.41) is 4.10. The van der Waals surface area contributed by atoms with Crippen LogP contribution >= 0.6 is 12.2 Å². The van der Waals surface area contributed by atoms with Gasteiger partial charge >= 0.3 is 0 Å². The number of anilines is 1. The molecule has 2 aromatic carbocycles. The summed E-state index contributed by atoms with van der Waals surface area (Å²) in [5.41, 5.74) is 4.24. The SMILES string of the molecule is Cc1cccc(NC(=S)N2CCCN(Cc3ccccc3F)C2)c1C. The van der Waals surface area contributed by atoms with Gasteiger partial charge in [-0.15, -0.1) is 0 Å². The van der Waals surface area contributed by atoms with Crippen LogP contribution in [0.1, 0.15) is 23.1 Å². The normalized spacial score (nSPS) is 15.2. The first-order valence-electron chi connectivity index (χ1n) is 8.62. The Hall–Kier alpha value is -1.98. The molecule has 0 bridgehead atoms. The van der Waals surface area contributed by atoms with Crippen molar-refractivity contribution < 1.29 is 4.39 Å². The summed E-state index contributed by atoms with van der Waals surface area (Å²) in [7, 11) is 0. The Morgan fingerprint density at radius 3 is 2.72 bits per heavy atom. The lowest BCUT2D eigenvalue weighted by Gasteiger charge is -2.37. The quantitative estimate of drug-likeness (QED) is 0.825. The standard InChI is InChI=1S/C20H24FN3S/c1-15-7-5-10-19(16(15)2)22-20(25)24-12-6-11-23(14-24)13-17-8-3-4-9-18(17)21/h3-5,7-10H,6,11-14H2,1-2H3,(H,22,25). The zero-order valence-corrected chi connectivity index (χ0v) is 15.6. The van der Waals surface area contributed by atoms with E-state index in [9.17, 15) is 4.39 Å². The van der Waals surface area contributed by atoms with Crippen molar-refractivity contribution in [2.45, 2.75) is 26.8 Å². The molecule has 0 unspecified atom stereocenters. The average Bonchev–Trinajstić information content (AvgIpc) is 2.61. The molecule has 1 aliphatic rings. The van der Waals surface area contributed by atoms with Crippen molar-refractivity contribution >= 4 is 23.0 Å². The van der Waals surface area contributed by atoms with E-state index in [1.807, 2.05) is 18.2 Å². The lowest BCUT2D eigenvalue weighted by molar-refractivity contribution is 0.132. The van der Waals surface area contributed by atoms with Crippen LogP contribution in [-0.4, -0.2) is 34.7 Å². The smallest absolute Gasteiger partial charge is 0.174 e. The van der Waals surface area contributed by atoms with Crippen LogP contribution in [0.2, 0.25) is 0 Å². The van der Waals surface area contributed by atoms with E-state index in [0.717, 1.165) is 35.9 Å². The van der Waals surface area contributed by atoms with E-state index in [0.29, 0.717) is 13.2 Å². The number of nitrogens with one attached hydrogen (secondary N) is 1. The van der Waals surface area contributed by atoms with Gasteiger partial charge in [0.1, 0.15) is 5.82 Å². The summed E-state index contributed by atoms with van der Waals surface area (Å²) in [4.78, 5) is 4.39. The number of aryl methyl sites for hydroxylation is 1.